The molecule has 68 valence electrons. The van der Waals surface area contributed by atoms with Crippen LogP contribution in [0.1, 0.15) is 20.3 Å². The fraction of sp³-hybridized carbons (Fsp3) is 0.750. The zero-order valence-corrected chi connectivity index (χ0v) is 7.79. The van der Waals surface area contributed by atoms with E-state index in [-0.39, 0.29) is 5.91 Å². The van der Waals surface area contributed by atoms with Crippen molar-refractivity contribution in [3.63, 3.8) is 0 Å². The molecule has 0 aromatic rings. The van der Waals surface area contributed by atoms with Gasteiger partial charge in [0, 0.05) is 13.6 Å². The molecule has 1 heterocycles. The van der Waals surface area contributed by atoms with Crippen LogP contribution in [0.3, 0.4) is 0 Å². The molecule has 1 aliphatic heterocycles. The summed E-state index contributed by atoms with van der Waals surface area (Å²) in [6.45, 7) is 4.17. The first kappa shape index (κ1) is 9.19. The lowest BCUT2D eigenvalue weighted by Crippen LogP contribution is -2.42. The molecule has 1 amide bonds. The van der Waals surface area contributed by atoms with Gasteiger partial charge in [0.1, 0.15) is 5.41 Å². The van der Waals surface area contributed by atoms with Gasteiger partial charge in [-0.2, -0.15) is 5.10 Å². The summed E-state index contributed by atoms with van der Waals surface area (Å²) in [6.07, 6.45) is 0.782. The van der Waals surface area contributed by atoms with Crippen LogP contribution in [0.4, 0.5) is 0 Å². The summed E-state index contributed by atoms with van der Waals surface area (Å²) in [5, 5.41) is 5.51. The van der Waals surface area contributed by atoms with Gasteiger partial charge in [0.15, 0.2) is 0 Å². The topological polar surface area (TPSA) is 58.7 Å². The lowest BCUT2D eigenvalue weighted by atomic mass is 9.84. The highest BCUT2D eigenvalue weighted by Gasteiger charge is 2.43. The number of nitrogens with zero attached hydrogens (tertiary/aromatic N) is 2. The number of hydrogen-bond acceptors (Lipinski definition) is 3. The Morgan fingerprint density at radius 3 is 2.58 bits per heavy atom. The van der Waals surface area contributed by atoms with Crippen molar-refractivity contribution in [2.24, 2.45) is 16.3 Å². The summed E-state index contributed by atoms with van der Waals surface area (Å²) in [5.74, 6) is 0.00171. The van der Waals surface area contributed by atoms with E-state index in [2.05, 4.69) is 5.10 Å². The molecular formula is C8H15N3O. The summed E-state index contributed by atoms with van der Waals surface area (Å²) in [6, 6.07) is 0. The average molecular weight is 169 g/mol. The van der Waals surface area contributed by atoms with Gasteiger partial charge in [0.05, 0.1) is 5.71 Å². The number of rotatable bonds is 2. The van der Waals surface area contributed by atoms with Crippen LogP contribution in [-0.4, -0.2) is 30.2 Å². The van der Waals surface area contributed by atoms with Crippen molar-refractivity contribution in [1.29, 1.82) is 0 Å². The largest absolute Gasteiger partial charge is 0.329 e. The van der Waals surface area contributed by atoms with Crippen molar-refractivity contribution in [1.82, 2.24) is 5.01 Å². The molecule has 0 radical (unpaired) electrons. The highest BCUT2D eigenvalue weighted by molar-refractivity contribution is 6.11. The van der Waals surface area contributed by atoms with Crippen LogP contribution < -0.4 is 5.73 Å². The smallest absolute Gasteiger partial charge is 0.255 e. The van der Waals surface area contributed by atoms with Crippen molar-refractivity contribution in [3.05, 3.63) is 0 Å². The van der Waals surface area contributed by atoms with Crippen LogP contribution in [-0.2, 0) is 4.79 Å². The maximum absolute atomic E-state index is 11.6. The SMILES string of the molecule is CCC1=NN(C)C(=O)C1(C)CN. The number of carbonyl (C=O) groups is 1. The number of hydrazone groups is 1. The van der Waals surface area contributed by atoms with Crippen molar-refractivity contribution < 1.29 is 4.79 Å². The third kappa shape index (κ3) is 1.03. The zero-order chi connectivity index (χ0) is 9.35. The highest BCUT2D eigenvalue weighted by Crippen LogP contribution is 2.28. The van der Waals surface area contributed by atoms with E-state index in [1.807, 2.05) is 13.8 Å². The fourth-order valence-corrected chi connectivity index (χ4v) is 1.48. The summed E-state index contributed by atoms with van der Waals surface area (Å²) < 4.78 is 0. The third-order valence-corrected chi connectivity index (χ3v) is 2.42. The van der Waals surface area contributed by atoms with Crippen molar-refractivity contribution in [2.75, 3.05) is 13.6 Å². The van der Waals surface area contributed by atoms with Gasteiger partial charge in [-0.25, -0.2) is 5.01 Å². The molecule has 1 atom stereocenters. The Labute approximate surface area is 72.4 Å². The van der Waals surface area contributed by atoms with Crippen LogP contribution in [0.2, 0.25) is 0 Å². The second-order valence-corrected chi connectivity index (χ2v) is 3.27. The molecule has 4 heteroatoms. The van der Waals surface area contributed by atoms with Gasteiger partial charge >= 0.3 is 0 Å². The van der Waals surface area contributed by atoms with E-state index in [4.69, 9.17) is 5.73 Å². The predicted molar refractivity (Wildman–Crippen MR) is 47.7 cm³/mol. The normalized spacial score (nSPS) is 29.5. The van der Waals surface area contributed by atoms with E-state index in [0.717, 1.165) is 12.1 Å². The predicted octanol–water partition coefficient (Wildman–Crippen LogP) is 0.189. The van der Waals surface area contributed by atoms with Gasteiger partial charge in [0.2, 0.25) is 0 Å². The molecule has 12 heavy (non-hydrogen) atoms. The van der Waals surface area contributed by atoms with E-state index in [1.54, 1.807) is 7.05 Å². The first-order chi connectivity index (χ1) is 5.56. The van der Waals surface area contributed by atoms with Crippen LogP contribution in [0.5, 0.6) is 0 Å². The Morgan fingerprint density at radius 2 is 2.25 bits per heavy atom. The molecule has 0 aliphatic carbocycles. The third-order valence-electron chi connectivity index (χ3n) is 2.42. The first-order valence-corrected chi connectivity index (χ1v) is 4.12. The molecule has 0 bridgehead atoms. The Morgan fingerprint density at radius 1 is 1.67 bits per heavy atom. The number of nitrogens with two attached hydrogens (primary N) is 1. The minimum absolute atomic E-state index is 0.00171. The Bertz CT molecular complexity index is 236. The van der Waals surface area contributed by atoms with Gasteiger partial charge in [-0.1, -0.05) is 6.92 Å². The summed E-state index contributed by atoms with van der Waals surface area (Å²) in [5.41, 5.74) is 5.89. The van der Waals surface area contributed by atoms with Crippen LogP contribution >= 0.6 is 0 Å². The van der Waals surface area contributed by atoms with E-state index in [0.29, 0.717) is 6.54 Å². The van der Waals surface area contributed by atoms with Gasteiger partial charge < -0.3 is 5.73 Å². The monoisotopic (exact) mass is 169 g/mol. The molecular weight excluding hydrogens is 154 g/mol. The first-order valence-electron chi connectivity index (χ1n) is 4.12. The Hall–Kier alpha value is -0.900. The summed E-state index contributed by atoms with van der Waals surface area (Å²) in [7, 11) is 1.67. The van der Waals surface area contributed by atoms with Crippen molar-refractivity contribution >= 4 is 11.6 Å². The Kier molecular flexibility index (Phi) is 2.19. The summed E-state index contributed by atoms with van der Waals surface area (Å²) >= 11 is 0. The van der Waals surface area contributed by atoms with Crippen molar-refractivity contribution in [3.8, 4) is 0 Å². The molecule has 1 unspecified atom stereocenters. The van der Waals surface area contributed by atoms with Gasteiger partial charge in [0.25, 0.3) is 5.91 Å². The van der Waals surface area contributed by atoms with Crippen LogP contribution in [0.15, 0.2) is 5.10 Å². The molecule has 0 aromatic carbocycles. The highest BCUT2D eigenvalue weighted by atomic mass is 16.2. The quantitative estimate of drug-likeness (QED) is 0.641. The van der Waals surface area contributed by atoms with Crippen LogP contribution in [0.25, 0.3) is 0 Å². The maximum atomic E-state index is 11.6. The average Bonchev–Trinajstić information content (AvgIpc) is 2.30. The van der Waals surface area contributed by atoms with E-state index in [9.17, 15) is 4.79 Å². The van der Waals surface area contributed by atoms with E-state index < -0.39 is 5.41 Å². The number of hydrogen-bond donors (Lipinski definition) is 1. The summed E-state index contributed by atoms with van der Waals surface area (Å²) in [4.78, 5) is 11.6. The second kappa shape index (κ2) is 2.86. The lowest BCUT2D eigenvalue weighted by Gasteiger charge is -2.20. The minimum atomic E-state index is -0.552. The molecule has 0 saturated carbocycles. The number of carbonyl (C=O) groups excluding carboxylic acids is 1. The molecule has 0 saturated heterocycles. The van der Waals surface area contributed by atoms with E-state index >= 15 is 0 Å². The van der Waals surface area contributed by atoms with Crippen LogP contribution in [0, 0.1) is 5.41 Å². The maximum Gasteiger partial charge on any atom is 0.255 e. The van der Waals surface area contributed by atoms with Gasteiger partial charge in [-0.05, 0) is 13.3 Å². The molecule has 1 aliphatic rings. The van der Waals surface area contributed by atoms with Gasteiger partial charge in [-0.3, -0.25) is 4.79 Å². The minimum Gasteiger partial charge on any atom is -0.329 e. The fourth-order valence-electron chi connectivity index (χ4n) is 1.48. The molecule has 2 N–H and O–H groups in total. The number of amides is 1. The van der Waals surface area contributed by atoms with E-state index in [1.165, 1.54) is 5.01 Å². The molecule has 0 aromatic heterocycles. The molecule has 4 nitrogen and oxygen atoms in total. The zero-order valence-electron chi connectivity index (χ0n) is 7.79. The molecule has 0 spiro atoms. The van der Waals surface area contributed by atoms with Gasteiger partial charge in [-0.15, -0.1) is 0 Å². The van der Waals surface area contributed by atoms with Crippen molar-refractivity contribution in [2.45, 2.75) is 20.3 Å². The standard InChI is InChI=1S/C8H15N3O/c1-4-6-8(2,5-9)7(12)11(3)10-6/h4-5,9H2,1-3H3. The lowest BCUT2D eigenvalue weighted by molar-refractivity contribution is -0.133. The molecule has 0 fully saturated rings. The Balaban J connectivity index is 3.00. The second-order valence-electron chi connectivity index (χ2n) is 3.27. The molecule has 1 rings (SSSR count).